The highest BCUT2D eigenvalue weighted by molar-refractivity contribution is 7.92. The molecule has 0 saturated carbocycles. The quantitative estimate of drug-likeness (QED) is 0.765. The molecule has 2 aromatic carbocycles. The lowest BCUT2D eigenvalue weighted by Crippen LogP contribution is -2.18. The minimum absolute atomic E-state index is 0.0738. The molecule has 7 heteroatoms. The van der Waals surface area contributed by atoms with Crippen molar-refractivity contribution in [3.8, 4) is 0 Å². The molecule has 0 aliphatic carbocycles. The molecule has 0 atom stereocenters. The molecule has 0 saturated heterocycles. The van der Waals surface area contributed by atoms with Crippen molar-refractivity contribution in [2.24, 2.45) is 11.5 Å². The number of hydrogen-bond donors (Lipinski definition) is 3. The number of anilines is 1. The van der Waals surface area contributed by atoms with Gasteiger partial charge in [-0.25, -0.2) is 8.42 Å². The normalized spacial score (nSPS) is 11.1. The Morgan fingerprint density at radius 3 is 2.48 bits per heavy atom. The van der Waals surface area contributed by atoms with E-state index < -0.39 is 15.9 Å². The fourth-order valence-corrected chi connectivity index (χ4v) is 2.98. The van der Waals surface area contributed by atoms with Crippen molar-refractivity contribution >= 4 is 21.6 Å². The first kappa shape index (κ1) is 15.0. The van der Waals surface area contributed by atoms with Crippen molar-refractivity contribution in [1.82, 2.24) is 0 Å². The summed E-state index contributed by atoms with van der Waals surface area (Å²) in [6, 6.07) is 12.4. The molecule has 0 heterocycles. The molecule has 2 aromatic rings. The molecular formula is C14H15N3O3S. The number of para-hydroxylation sites is 1. The monoisotopic (exact) mass is 305 g/mol. The molecule has 6 nitrogen and oxygen atoms in total. The Morgan fingerprint density at radius 1 is 1.10 bits per heavy atom. The zero-order valence-electron chi connectivity index (χ0n) is 11.1. The first-order valence-electron chi connectivity index (χ1n) is 6.14. The Balaban J connectivity index is 2.40. The molecule has 0 bridgehead atoms. The van der Waals surface area contributed by atoms with Gasteiger partial charge in [0.2, 0.25) is 0 Å². The third-order valence-corrected chi connectivity index (χ3v) is 4.24. The summed E-state index contributed by atoms with van der Waals surface area (Å²) in [6.45, 7) is 0.237. The van der Waals surface area contributed by atoms with Crippen molar-refractivity contribution in [2.45, 2.75) is 11.4 Å². The van der Waals surface area contributed by atoms with E-state index in [2.05, 4.69) is 4.72 Å². The third-order valence-electron chi connectivity index (χ3n) is 2.88. The van der Waals surface area contributed by atoms with Crippen molar-refractivity contribution in [2.75, 3.05) is 4.72 Å². The molecule has 110 valence electrons. The number of benzene rings is 2. The van der Waals surface area contributed by atoms with E-state index in [1.54, 1.807) is 24.3 Å². The maximum atomic E-state index is 12.3. The second kappa shape index (κ2) is 5.94. The molecule has 0 spiro atoms. The van der Waals surface area contributed by atoms with Crippen LogP contribution in [0.5, 0.6) is 0 Å². The van der Waals surface area contributed by atoms with Gasteiger partial charge in [-0.1, -0.05) is 24.3 Å². The van der Waals surface area contributed by atoms with Crippen LogP contribution in [0.2, 0.25) is 0 Å². The molecule has 0 unspecified atom stereocenters. The number of carbonyl (C=O) groups excluding carboxylic acids is 1. The summed E-state index contributed by atoms with van der Waals surface area (Å²) < 4.78 is 27.0. The van der Waals surface area contributed by atoms with E-state index in [0.717, 1.165) is 0 Å². The van der Waals surface area contributed by atoms with Crippen molar-refractivity contribution < 1.29 is 13.2 Å². The van der Waals surface area contributed by atoms with Crippen LogP contribution in [0.25, 0.3) is 0 Å². The topological polar surface area (TPSA) is 115 Å². The zero-order valence-corrected chi connectivity index (χ0v) is 11.9. The summed E-state index contributed by atoms with van der Waals surface area (Å²) in [7, 11) is -3.82. The lowest BCUT2D eigenvalue weighted by Gasteiger charge is -2.11. The van der Waals surface area contributed by atoms with Crippen LogP contribution in [0.4, 0.5) is 5.69 Å². The van der Waals surface area contributed by atoms with Crippen LogP contribution >= 0.6 is 0 Å². The van der Waals surface area contributed by atoms with E-state index in [0.29, 0.717) is 5.56 Å². The van der Waals surface area contributed by atoms with Gasteiger partial charge in [0.1, 0.15) is 0 Å². The summed E-state index contributed by atoms with van der Waals surface area (Å²) in [5.74, 6) is -0.705. The van der Waals surface area contributed by atoms with E-state index in [4.69, 9.17) is 11.5 Å². The van der Waals surface area contributed by atoms with Crippen LogP contribution in [0.1, 0.15) is 15.9 Å². The minimum Gasteiger partial charge on any atom is -0.366 e. The number of rotatable bonds is 5. The maximum absolute atomic E-state index is 12.3. The van der Waals surface area contributed by atoms with E-state index >= 15 is 0 Å². The van der Waals surface area contributed by atoms with Gasteiger partial charge < -0.3 is 11.5 Å². The average molecular weight is 305 g/mol. The lowest BCUT2D eigenvalue weighted by molar-refractivity contribution is 0.100. The average Bonchev–Trinajstić information content (AvgIpc) is 2.47. The van der Waals surface area contributed by atoms with Gasteiger partial charge in [0, 0.05) is 6.54 Å². The maximum Gasteiger partial charge on any atom is 0.261 e. The fourth-order valence-electron chi connectivity index (χ4n) is 1.83. The Hall–Kier alpha value is -2.38. The van der Waals surface area contributed by atoms with Crippen molar-refractivity contribution in [1.29, 1.82) is 0 Å². The van der Waals surface area contributed by atoms with Crippen molar-refractivity contribution in [3.63, 3.8) is 0 Å². The largest absolute Gasteiger partial charge is 0.366 e. The molecule has 2 rings (SSSR count). The zero-order chi connectivity index (χ0) is 15.5. The number of amides is 1. The summed E-state index contributed by atoms with van der Waals surface area (Å²) >= 11 is 0. The first-order chi connectivity index (χ1) is 9.94. The number of nitrogens with one attached hydrogen (secondary N) is 1. The highest BCUT2D eigenvalue weighted by Gasteiger charge is 2.17. The molecule has 0 aliphatic heterocycles. The molecule has 1 amide bonds. The van der Waals surface area contributed by atoms with Crippen LogP contribution in [0.3, 0.4) is 0 Å². The van der Waals surface area contributed by atoms with Crippen molar-refractivity contribution in [3.05, 3.63) is 59.7 Å². The van der Waals surface area contributed by atoms with Gasteiger partial charge in [0.15, 0.2) is 0 Å². The fraction of sp³-hybridized carbons (Fsp3) is 0.0714. The predicted molar refractivity (Wildman–Crippen MR) is 80.1 cm³/mol. The molecule has 0 aromatic heterocycles. The Bertz CT molecular complexity index is 773. The number of sulfonamides is 1. The van der Waals surface area contributed by atoms with Gasteiger partial charge in [-0.05, 0) is 29.8 Å². The Kier molecular flexibility index (Phi) is 4.25. The first-order valence-corrected chi connectivity index (χ1v) is 7.63. The molecule has 0 fully saturated rings. The van der Waals surface area contributed by atoms with E-state index in [1.165, 1.54) is 24.3 Å². The van der Waals surface area contributed by atoms with Gasteiger partial charge in [-0.2, -0.15) is 0 Å². The van der Waals surface area contributed by atoms with Crippen LogP contribution in [-0.4, -0.2) is 14.3 Å². The number of primary amides is 1. The van der Waals surface area contributed by atoms with Crippen LogP contribution in [-0.2, 0) is 16.6 Å². The minimum atomic E-state index is -3.82. The second-order valence-electron chi connectivity index (χ2n) is 4.37. The van der Waals surface area contributed by atoms with E-state index in [9.17, 15) is 13.2 Å². The van der Waals surface area contributed by atoms with Gasteiger partial charge >= 0.3 is 0 Å². The summed E-state index contributed by atoms with van der Waals surface area (Å²) in [4.78, 5) is 11.4. The number of carbonyl (C=O) groups is 1. The molecular weight excluding hydrogens is 290 g/mol. The van der Waals surface area contributed by atoms with E-state index in [1.807, 2.05) is 0 Å². The summed E-state index contributed by atoms with van der Waals surface area (Å²) in [5.41, 5.74) is 11.7. The Morgan fingerprint density at radius 2 is 1.81 bits per heavy atom. The van der Waals surface area contributed by atoms with Gasteiger partial charge in [0.05, 0.1) is 16.1 Å². The summed E-state index contributed by atoms with van der Waals surface area (Å²) in [6.07, 6.45) is 0. The lowest BCUT2D eigenvalue weighted by atomic mass is 10.2. The number of hydrogen-bond acceptors (Lipinski definition) is 4. The molecule has 21 heavy (non-hydrogen) atoms. The van der Waals surface area contributed by atoms with Gasteiger partial charge in [0.25, 0.3) is 15.9 Å². The molecule has 0 aliphatic rings. The third kappa shape index (κ3) is 3.39. The summed E-state index contributed by atoms with van der Waals surface area (Å²) in [5, 5.41) is 0. The van der Waals surface area contributed by atoms with Crippen LogP contribution in [0, 0.1) is 0 Å². The SMILES string of the molecule is NCc1cccc(S(=O)(=O)Nc2ccccc2C(N)=O)c1. The number of nitrogens with two attached hydrogens (primary N) is 2. The van der Waals surface area contributed by atoms with Gasteiger partial charge in [-0.15, -0.1) is 0 Å². The standard InChI is InChI=1S/C14H15N3O3S/c15-9-10-4-3-5-11(8-10)21(19,20)17-13-7-2-1-6-12(13)14(16)18/h1-8,17H,9,15H2,(H2,16,18). The highest BCUT2D eigenvalue weighted by atomic mass is 32.2. The van der Waals surface area contributed by atoms with Gasteiger partial charge in [-0.3, -0.25) is 9.52 Å². The Labute approximate surface area is 122 Å². The molecule has 5 N–H and O–H groups in total. The second-order valence-corrected chi connectivity index (χ2v) is 6.05. The molecule has 0 radical (unpaired) electrons. The van der Waals surface area contributed by atoms with E-state index in [-0.39, 0.29) is 22.7 Å². The predicted octanol–water partition coefficient (Wildman–Crippen LogP) is 1.05. The van der Waals surface area contributed by atoms with Crippen LogP contribution < -0.4 is 16.2 Å². The highest BCUT2D eigenvalue weighted by Crippen LogP contribution is 2.20. The van der Waals surface area contributed by atoms with Crippen LogP contribution in [0.15, 0.2) is 53.4 Å². The smallest absolute Gasteiger partial charge is 0.261 e.